The largest absolute Gasteiger partial charge is 0.397 e. The molecule has 0 fully saturated rings. The first kappa shape index (κ1) is 18.0. The minimum Gasteiger partial charge on any atom is -0.352 e. The minimum atomic E-state index is -4.53. The molecule has 2 N–H and O–H groups in total. The van der Waals surface area contributed by atoms with Crippen LogP contribution in [0.1, 0.15) is 42.6 Å². The van der Waals surface area contributed by atoms with Crippen molar-refractivity contribution in [2.24, 2.45) is 0 Å². The standard InChI is InChI=1S/C15H19F3N2O2/c1-3-10(2)20-14(22)12-6-4-5-11(7-12)9-19-13(21)8-15(16,17)18/h4-7,10H,3,8-9H2,1-2H3,(H,19,21)(H,20,22)/t10-/m0/s1. The molecule has 7 heteroatoms. The molecule has 1 rings (SSSR count). The van der Waals surface area contributed by atoms with Gasteiger partial charge in [0.1, 0.15) is 6.42 Å². The van der Waals surface area contributed by atoms with Crippen molar-refractivity contribution in [3.05, 3.63) is 35.4 Å². The van der Waals surface area contributed by atoms with Crippen LogP contribution in [0.5, 0.6) is 0 Å². The smallest absolute Gasteiger partial charge is 0.352 e. The van der Waals surface area contributed by atoms with Crippen LogP contribution in [-0.4, -0.2) is 24.0 Å². The highest BCUT2D eigenvalue weighted by Crippen LogP contribution is 2.19. The summed E-state index contributed by atoms with van der Waals surface area (Å²) < 4.78 is 36.1. The van der Waals surface area contributed by atoms with Crippen LogP contribution in [0.2, 0.25) is 0 Å². The summed E-state index contributed by atoms with van der Waals surface area (Å²) in [5, 5.41) is 4.98. The molecule has 0 aliphatic heterocycles. The lowest BCUT2D eigenvalue weighted by Gasteiger charge is -2.12. The molecule has 0 unspecified atom stereocenters. The molecule has 1 aromatic carbocycles. The van der Waals surface area contributed by atoms with Crippen molar-refractivity contribution in [3.8, 4) is 0 Å². The Morgan fingerprint density at radius 3 is 2.55 bits per heavy atom. The van der Waals surface area contributed by atoms with E-state index < -0.39 is 18.5 Å². The van der Waals surface area contributed by atoms with Crippen LogP contribution in [0.4, 0.5) is 13.2 Å². The van der Waals surface area contributed by atoms with E-state index in [0.717, 1.165) is 6.42 Å². The maximum absolute atomic E-state index is 12.0. The topological polar surface area (TPSA) is 58.2 Å². The first-order valence-corrected chi connectivity index (χ1v) is 6.94. The molecule has 1 atom stereocenters. The van der Waals surface area contributed by atoms with Gasteiger partial charge in [0.25, 0.3) is 5.91 Å². The Morgan fingerprint density at radius 1 is 1.27 bits per heavy atom. The van der Waals surface area contributed by atoms with Crippen molar-refractivity contribution in [1.82, 2.24) is 10.6 Å². The minimum absolute atomic E-state index is 0.0302. The molecular weight excluding hydrogens is 297 g/mol. The molecule has 0 heterocycles. The molecular formula is C15H19F3N2O2. The first-order chi connectivity index (χ1) is 10.2. The summed E-state index contributed by atoms with van der Waals surface area (Å²) in [5.41, 5.74) is 0.968. The van der Waals surface area contributed by atoms with Crippen molar-refractivity contribution in [1.29, 1.82) is 0 Å². The van der Waals surface area contributed by atoms with Gasteiger partial charge in [-0.05, 0) is 31.0 Å². The van der Waals surface area contributed by atoms with Gasteiger partial charge in [0, 0.05) is 18.2 Å². The van der Waals surface area contributed by atoms with Gasteiger partial charge in [0.05, 0.1) is 0 Å². The number of carbonyl (C=O) groups excluding carboxylic acids is 2. The molecule has 0 spiro atoms. The molecule has 122 valence electrons. The zero-order chi connectivity index (χ0) is 16.8. The van der Waals surface area contributed by atoms with Gasteiger partial charge in [-0.2, -0.15) is 13.2 Å². The van der Waals surface area contributed by atoms with E-state index in [2.05, 4.69) is 10.6 Å². The zero-order valence-corrected chi connectivity index (χ0v) is 12.5. The van der Waals surface area contributed by atoms with Crippen molar-refractivity contribution >= 4 is 11.8 Å². The summed E-state index contributed by atoms with van der Waals surface area (Å²) in [5.74, 6) is -1.35. The second kappa shape index (κ2) is 7.82. The molecule has 0 aliphatic rings. The predicted octanol–water partition coefficient (Wildman–Crippen LogP) is 2.78. The molecule has 1 aromatic rings. The monoisotopic (exact) mass is 316 g/mol. The van der Waals surface area contributed by atoms with E-state index in [0.29, 0.717) is 11.1 Å². The fourth-order valence-electron chi connectivity index (χ4n) is 1.68. The molecule has 0 radical (unpaired) electrons. The maximum Gasteiger partial charge on any atom is 0.397 e. The van der Waals surface area contributed by atoms with Gasteiger partial charge in [-0.15, -0.1) is 0 Å². The van der Waals surface area contributed by atoms with Gasteiger partial charge in [0.2, 0.25) is 5.91 Å². The summed E-state index contributed by atoms with van der Waals surface area (Å²) in [6.45, 7) is 3.76. The second-order valence-electron chi connectivity index (χ2n) is 5.05. The summed E-state index contributed by atoms with van der Waals surface area (Å²) in [4.78, 5) is 23.1. The third-order valence-corrected chi connectivity index (χ3v) is 3.03. The third kappa shape index (κ3) is 6.60. The number of halogens is 3. The molecule has 0 bridgehead atoms. The second-order valence-corrected chi connectivity index (χ2v) is 5.05. The number of hydrogen-bond acceptors (Lipinski definition) is 2. The van der Waals surface area contributed by atoms with Gasteiger partial charge in [-0.1, -0.05) is 19.1 Å². The number of hydrogen-bond donors (Lipinski definition) is 2. The summed E-state index contributed by atoms with van der Waals surface area (Å²) in [6.07, 6.45) is -5.25. The lowest BCUT2D eigenvalue weighted by molar-refractivity contribution is -0.153. The molecule has 2 amide bonds. The van der Waals surface area contributed by atoms with Crippen LogP contribution in [0, 0.1) is 0 Å². The van der Waals surface area contributed by atoms with E-state index in [1.807, 2.05) is 13.8 Å². The number of rotatable bonds is 6. The Hall–Kier alpha value is -2.05. The van der Waals surface area contributed by atoms with E-state index in [1.54, 1.807) is 24.3 Å². The zero-order valence-electron chi connectivity index (χ0n) is 12.5. The summed E-state index contributed by atoms with van der Waals surface area (Å²) >= 11 is 0. The van der Waals surface area contributed by atoms with Crippen molar-refractivity contribution < 1.29 is 22.8 Å². The Morgan fingerprint density at radius 2 is 1.95 bits per heavy atom. The Labute approximate surface area is 127 Å². The van der Waals surface area contributed by atoms with Gasteiger partial charge >= 0.3 is 6.18 Å². The lowest BCUT2D eigenvalue weighted by atomic mass is 10.1. The van der Waals surface area contributed by atoms with Crippen LogP contribution < -0.4 is 10.6 Å². The van der Waals surface area contributed by atoms with Crippen LogP contribution in [-0.2, 0) is 11.3 Å². The maximum atomic E-state index is 12.0. The summed E-state index contributed by atoms with van der Waals surface area (Å²) in [6, 6.07) is 6.44. The van der Waals surface area contributed by atoms with Gasteiger partial charge in [-0.3, -0.25) is 9.59 Å². The van der Waals surface area contributed by atoms with E-state index >= 15 is 0 Å². The van der Waals surface area contributed by atoms with Gasteiger partial charge in [0.15, 0.2) is 0 Å². The number of alkyl halides is 3. The van der Waals surface area contributed by atoms with Crippen LogP contribution in [0.3, 0.4) is 0 Å². The van der Waals surface area contributed by atoms with Gasteiger partial charge in [-0.25, -0.2) is 0 Å². The average molecular weight is 316 g/mol. The fraction of sp³-hybridized carbons (Fsp3) is 0.467. The highest BCUT2D eigenvalue weighted by molar-refractivity contribution is 5.94. The SMILES string of the molecule is CC[C@H](C)NC(=O)c1cccc(CNC(=O)CC(F)(F)F)c1. The highest BCUT2D eigenvalue weighted by atomic mass is 19.4. The van der Waals surface area contributed by atoms with Crippen molar-refractivity contribution in [3.63, 3.8) is 0 Å². The van der Waals surface area contributed by atoms with E-state index in [1.165, 1.54) is 0 Å². The quantitative estimate of drug-likeness (QED) is 0.848. The van der Waals surface area contributed by atoms with E-state index in [9.17, 15) is 22.8 Å². The number of nitrogens with one attached hydrogen (secondary N) is 2. The predicted molar refractivity (Wildman–Crippen MR) is 76.2 cm³/mol. The molecule has 0 saturated carbocycles. The van der Waals surface area contributed by atoms with E-state index in [-0.39, 0.29) is 18.5 Å². The summed E-state index contributed by atoms with van der Waals surface area (Å²) in [7, 11) is 0. The Kier molecular flexibility index (Phi) is 6.39. The highest BCUT2D eigenvalue weighted by Gasteiger charge is 2.30. The fourth-order valence-corrected chi connectivity index (χ4v) is 1.68. The molecule has 0 aromatic heterocycles. The molecule has 0 saturated heterocycles. The molecule has 0 aliphatic carbocycles. The van der Waals surface area contributed by atoms with Crippen LogP contribution >= 0.6 is 0 Å². The lowest BCUT2D eigenvalue weighted by Crippen LogP contribution is -2.32. The Bertz CT molecular complexity index is 530. The number of amides is 2. The number of carbonyl (C=O) groups is 2. The Balaban J connectivity index is 2.61. The average Bonchev–Trinajstić information content (AvgIpc) is 2.43. The van der Waals surface area contributed by atoms with Crippen LogP contribution in [0.25, 0.3) is 0 Å². The van der Waals surface area contributed by atoms with Crippen LogP contribution in [0.15, 0.2) is 24.3 Å². The van der Waals surface area contributed by atoms with Crippen molar-refractivity contribution in [2.45, 2.75) is 45.5 Å². The van der Waals surface area contributed by atoms with Gasteiger partial charge < -0.3 is 10.6 Å². The molecule has 22 heavy (non-hydrogen) atoms. The molecule has 4 nitrogen and oxygen atoms in total. The number of benzene rings is 1. The van der Waals surface area contributed by atoms with E-state index in [4.69, 9.17) is 0 Å². The third-order valence-electron chi connectivity index (χ3n) is 3.03. The normalized spacial score (nSPS) is 12.6. The van der Waals surface area contributed by atoms with Crippen molar-refractivity contribution in [2.75, 3.05) is 0 Å². The first-order valence-electron chi connectivity index (χ1n) is 6.94.